The highest BCUT2D eigenvalue weighted by atomic mass is 19.1. The van der Waals surface area contributed by atoms with E-state index in [1.54, 1.807) is 0 Å². The molecule has 4 heteroatoms. The van der Waals surface area contributed by atoms with Crippen LogP contribution in [-0.2, 0) is 0 Å². The number of nitrogens with zero attached hydrogens (tertiary/aromatic N) is 1. The number of hydrogen-bond donors (Lipinski definition) is 1. The van der Waals surface area contributed by atoms with E-state index in [1.165, 1.54) is 4.90 Å². The molecule has 1 aromatic carbocycles. The molecule has 0 spiro atoms. The van der Waals surface area contributed by atoms with Crippen molar-refractivity contribution in [1.82, 2.24) is 10.2 Å². The van der Waals surface area contributed by atoms with Crippen molar-refractivity contribution < 1.29 is 9.18 Å². The van der Waals surface area contributed by atoms with Crippen molar-refractivity contribution in [2.45, 2.75) is 19.1 Å². The van der Waals surface area contributed by atoms with Gasteiger partial charge in [-0.1, -0.05) is 30.3 Å². The Morgan fingerprint density at radius 2 is 2.06 bits per heavy atom. The van der Waals surface area contributed by atoms with E-state index in [1.807, 2.05) is 37.3 Å². The smallest absolute Gasteiger partial charge is 0.318 e. The first-order chi connectivity index (χ1) is 7.66. The summed E-state index contributed by atoms with van der Waals surface area (Å²) in [5, 5.41) is 2.84. The topological polar surface area (TPSA) is 32.3 Å². The number of carbonyl (C=O) groups excluding carboxylic acids is 1. The number of amides is 2. The average molecular weight is 222 g/mol. The van der Waals surface area contributed by atoms with Gasteiger partial charge in [0.05, 0.1) is 19.1 Å². The monoisotopic (exact) mass is 222 g/mol. The largest absolute Gasteiger partial charge is 0.331 e. The Labute approximate surface area is 94.3 Å². The molecule has 0 unspecified atom stereocenters. The van der Waals surface area contributed by atoms with Crippen LogP contribution in [0.1, 0.15) is 18.5 Å². The molecule has 16 heavy (non-hydrogen) atoms. The minimum absolute atomic E-state index is 0.0487. The summed E-state index contributed by atoms with van der Waals surface area (Å²) in [4.78, 5) is 13.1. The fourth-order valence-corrected chi connectivity index (χ4v) is 1.69. The molecule has 2 rings (SSSR count). The summed E-state index contributed by atoms with van der Waals surface area (Å²) in [7, 11) is 0. The Kier molecular flexibility index (Phi) is 3.08. The van der Waals surface area contributed by atoms with Crippen LogP contribution in [0.5, 0.6) is 0 Å². The number of likely N-dealkylation sites (tertiary alicyclic amines) is 1. The molecule has 0 aliphatic carbocycles. The van der Waals surface area contributed by atoms with Gasteiger partial charge in [0.2, 0.25) is 0 Å². The molecule has 0 bridgehead atoms. The molecular formula is C12H15FN2O. The van der Waals surface area contributed by atoms with Crippen LogP contribution in [0.4, 0.5) is 9.18 Å². The van der Waals surface area contributed by atoms with E-state index >= 15 is 0 Å². The highest BCUT2D eigenvalue weighted by molar-refractivity contribution is 5.75. The van der Waals surface area contributed by atoms with E-state index in [4.69, 9.17) is 0 Å². The molecule has 1 N–H and O–H groups in total. The second-order valence-corrected chi connectivity index (χ2v) is 4.08. The van der Waals surface area contributed by atoms with Gasteiger partial charge in [-0.15, -0.1) is 0 Å². The first kappa shape index (κ1) is 10.9. The molecule has 1 aliphatic rings. The molecule has 1 aliphatic heterocycles. The Balaban J connectivity index is 1.88. The van der Waals surface area contributed by atoms with E-state index in [0.717, 1.165) is 5.56 Å². The SMILES string of the molecule is C[C@@H](NC(=O)N1CC(F)C1)c1ccccc1. The molecule has 0 aromatic heterocycles. The maximum atomic E-state index is 12.6. The van der Waals surface area contributed by atoms with Crippen molar-refractivity contribution in [3.63, 3.8) is 0 Å². The van der Waals surface area contributed by atoms with E-state index in [0.29, 0.717) is 0 Å². The lowest BCUT2D eigenvalue weighted by molar-refractivity contribution is 0.0884. The van der Waals surface area contributed by atoms with Crippen molar-refractivity contribution in [3.05, 3.63) is 35.9 Å². The molecule has 1 saturated heterocycles. The van der Waals surface area contributed by atoms with Gasteiger partial charge in [0.25, 0.3) is 0 Å². The second kappa shape index (κ2) is 4.51. The Hall–Kier alpha value is -1.58. The van der Waals surface area contributed by atoms with Gasteiger partial charge < -0.3 is 10.2 Å². The van der Waals surface area contributed by atoms with Crippen LogP contribution in [0, 0.1) is 0 Å². The quantitative estimate of drug-likeness (QED) is 0.816. The van der Waals surface area contributed by atoms with Gasteiger partial charge in [-0.2, -0.15) is 0 Å². The summed E-state index contributed by atoms with van der Waals surface area (Å²) >= 11 is 0. The summed E-state index contributed by atoms with van der Waals surface area (Å²) in [6.45, 7) is 2.35. The van der Waals surface area contributed by atoms with Crippen LogP contribution >= 0.6 is 0 Å². The van der Waals surface area contributed by atoms with Gasteiger partial charge in [0, 0.05) is 0 Å². The van der Waals surface area contributed by atoms with Crippen LogP contribution in [-0.4, -0.2) is 30.2 Å². The summed E-state index contributed by atoms with van der Waals surface area (Å²) in [5.74, 6) is 0. The fourth-order valence-electron chi connectivity index (χ4n) is 1.69. The summed E-state index contributed by atoms with van der Waals surface area (Å²) < 4.78 is 12.6. The molecule has 1 aromatic rings. The number of carbonyl (C=O) groups is 1. The van der Waals surface area contributed by atoms with Crippen LogP contribution in [0.15, 0.2) is 30.3 Å². The number of rotatable bonds is 2. The number of halogens is 1. The Morgan fingerprint density at radius 3 is 2.62 bits per heavy atom. The van der Waals surface area contributed by atoms with Crippen LogP contribution in [0.2, 0.25) is 0 Å². The summed E-state index contributed by atoms with van der Waals surface area (Å²) in [6, 6.07) is 9.47. The van der Waals surface area contributed by atoms with E-state index in [9.17, 15) is 9.18 Å². The van der Waals surface area contributed by atoms with Crippen LogP contribution in [0.25, 0.3) is 0 Å². The van der Waals surface area contributed by atoms with E-state index < -0.39 is 6.17 Å². The predicted octanol–water partition coefficient (Wildman–Crippen LogP) is 2.11. The molecule has 2 amide bonds. The normalized spacial score (nSPS) is 17.8. The minimum Gasteiger partial charge on any atom is -0.331 e. The van der Waals surface area contributed by atoms with Crippen molar-refractivity contribution >= 4 is 6.03 Å². The number of nitrogens with one attached hydrogen (secondary N) is 1. The molecule has 0 saturated carbocycles. The van der Waals surface area contributed by atoms with Crippen molar-refractivity contribution in [2.24, 2.45) is 0 Å². The predicted molar refractivity (Wildman–Crippen MR) is 59.9 cm³/mol. The van der Waals surface area contributed by atoms with Gasteiger partial charge in [-0.05, 0) is 12.5 Å². The maximum Gasteiger partial charge on any atom is 0.318 e. The summed E-state index contributed by atoms with van der Waals surface area (Å²) in [6.07, 6.45) is -0.849. The van der Waals surface area contributed by atoms with Crippen molar-refractivity contribution in [2.75, 3.05) is 13.1 Å². The standard InChI is InChI=1S/C12H15FN2O/c1-9(10-5-3-2-4-6-10)14-12(16)15-7-11(13)8-15/h2-6,9,11H,7-8H2,1H3,(H,14,16)/t9-/m1/s1. The third-order valence-corrected chi connectivity index (χ3v) is 2.76. The lowest BCUT2D eigenvalue weighted by Gasteiger charge is -2.35. The zero-order chi connectivity index (χ0) is 11.5. The third-order valence-electron chi connectivity index (χ3n) is 2.76. The Morgan fingerprint density at radius 1 is 1.44 bits per heavy atom. The fraction of sp³-hybridized carbons (Fsp3) is 0.417. The number of hydrogen-bond acceptors (Lipinski definition) is 1. The average Bonchev–Trinajstić information content (AvgIpc) is 2.26. The minimum atomic E-state index is -0.849. The van der Waals surface area contributed by atoms with E-state index in [2.05, 4.69) is 5.32 Å². The maximum absolute atomic E-state index is 12.6. The zero-order valence-electron chi connectivity index (χ0n) is 9.19. The molecule has 1 atom stereocenters. The number of benzene rings is 1. The van der Waals surface area contributed by atoms with Crippen LogP contribution < -0.4 is 5.32 Å². The highest BCUT2D eigenvalue weighted by Gasteiger charge is 2.30. The van der Waals surface area contributed by atoms with Gasteiger partial charge in [0.15, 0.2) is 0 Å². The highest BCUT2D eigenvalue weighted by Crippen LogP contribution is 2.15. The van der Waals surface area contributed by atoms with Crippen LogP contribution in [0.3, 0.4) is 0 Å². The Bertz CT molecular complexity index is 363. The van der Waals surface area contributed by atoms with Crippen molar-refractivity contribution in [1.29, 1.82) is 0 Å². The lowest BCUT2D eigenvalue weighted by atomic mass is 10.1. The van der Waals surface area contributed by atoms with Gasteiger partial charge in [-0.25, -0.2) is 9.18 Å². The van der Waals surface area contributed by atoms with Crippen molar-refractivity contribution in [3.8, 4) is 0 Å². The lowest BCUT2D eigenvalue weighted by Crippen LogP contribution is -2.55. The van der Waals surface area contributed by atoms with Gasteiger partial charge in [-0.3, -0.25) is 0 Å². The first-order valence-electron chi connectivity index (χ1n) is 5.41. The summed E-state index contributed by atoms with van der Waals surface area (Å²) in [5.41, 5.74) is 1.05. The van der Waals surface area contributed by atoms with E-state index in [-0.39, 0.29) is 25.2 Å². The number of urea groups is 1. The molecular weight excluding hydrogens is 207 g/mol. The molecule has 0 radical (unpaired) electrons. The zero-order valence-corrected chi connectivity index (χ0v) is 9.19. The molecule has 1 heterocycles. The van der Waals surface area contributed by atoms with Gasteiger partial charge >= 0.3 is 6.03 Å². The molecule has 3 nitrogen and oxygen atoms in total. The second-order valence-electron chi connectivity index (χ2n) is 4.08. The molecule has 86 valence electrons. The third kappa shape index (κ3) is 2.32. The van der Waals surface area contributed by atoms with Gasteiger partial charge in [0.1, 0.15) is 6.17 Å². The number of alkyl halides is 1. The first-order valence-corrected chi connectivity index (χ1v) is 5.41. The molecule has 1 fully saturated rings.